The van der Waals surface area contributed by atoms with Gasteiger partial charge in [0.05, 0.1) is 6.04 Å². The number of para-hydroxylation sites is 1. The first-order chi connectivity index (χ1) is 11.6. The average Bonchev–Trinajstić information content (AvgIpc) is 2.86. The standard InChI is InChI=1S/C17H20FN3O3/c1-12-19-17(20-24-12)14-8-3-2-6-10-21(14)16(22)11-23-15-9-5-4-7-13(15)18/h4-5,7,9,14H,2-3,6,8,10-11H2,1H3/t14-/m1/s1. The van der Waals surface area contributed by atoms with E-state index in [9.17, 15) is 9.18 Å². The maximum atomic E-state index is 13.6. The van der Waals surface area contributed by atoms with Crippen LogP contribution in [0.25, 0.3) is 0 Å². The molecule has 128 valence electrons. The number of rotatable bonds is 4. The Morgan fingerprint density at radius 2 is 2.21 bits per heavy atom. The van der Waals surface area contributed by atoms with Gasteiger partial charge in [0, 0.05) is 13.5 Å². The van der Waals surface area contributed by atoms with Gasteiger partial charge in [-0.25, -0.2) is 4.39 Å². The van der Waals surface area contributed by atoms with Crippen molar-refractivity contribution in [2.75, 3.05) is 13.2 Å². The molecule has 0 saturated carbocycles. The molecule has 1 amide bonds. The van der Waals surface area contributed by atoms with E-state index in [0.29, 0.717) is 18.3 Å². The zero-order valence-electron chi connectivity index (χ0n) is 13.6. The first kappa shape index (κ1) is 16.4. The molecule has 7 heteroatoms. The van der Waals surface area contributed by atoms with Crippen LogP contribution in [0.3, 0.4) is 0 Å². The van der Waals surface area contributed by atoms with Gasteiger partial charge in [0.1, 0.15) is 0 Å². The number of halogens is 1. The summed E-state index contributed by atoms with van der Waals surface area (Å²) in [6.45, 7) is 2.12. The lowest BCUT2D eigenvalue weighted by Crippen LogP contribution is -2.38. The topological polar surface area (TPSA) is 68.5 Å². The molecule has 0 bridgehead atoms. The van der Waals surface area contributed by atoms with Crippen molar-refractivity contribution in [2.45, 2.75) is 38.6 Å². The number of aryl methyl sites for hydroxylation is 1. The number of benzene rings is 1. The number of ether oxygens (including phenoxy) is 1. The predicted molar refractivity (Wildman–Crippen MR) is 83.9 cm³/mol. The van der Waals surface area contributed by atoms with Crippen LogP contribution in [0.2, 0.25) is 0 Å². The van der Waals surface area contributed by atoms with E-state index in [-0.39, 0.29) is 24.3 Å². The molecule has 0 spiro atoms. The van der Waals surface area contributed by atoms with Crippen molar-refractivity contribution in [3.05, 3.63) is 41.8 Å². The van der Waals surface area contributed by atoms with E-state index in [0.717, 1.165) is 25.7 Å². The van der Waals surface area contributed by atoms with E-state index in [1.54, 1.807) is 24.0 Å². The van der Waals surface area contributed by atoms with Crippen LogP contribution in [0.5, 0.6) is 5.75 Å². The molecule has 1 saturated heterocycles. The Balaban J connectivity index is 1.71. The van der Waals surface area contributed by atoms with Gasteiger partial charge in [-0.3, -0.25) is 4.79 Å². The summed E-state index contributed by atoms with van der Waals surface area (Å²) in [5.74, 6) is 0.393. The third kappa shape index (κ3) is 3.72. The Morgan fingerprint density at radius 3 is 2.96 bits per heavy atom. The summed E-state index contributed by atoms with van der Waals surface area (Å²) in [5, 5.41) is 3.97. The molecule has 1 aliphatic rings. The molecule has 1 aliphatic heterocycles. The molecule has 1 aromatic heterocycles. The molecule has 0 radical (unpaired) electrons. The first-order valence-electron chi connectivity index (χ1n) is 8.12. The highest BCUT2D eigenvalue weighted by molar-refractivity contribution is 5.78. The molecule has 0 unspecified atom stereocenters. The van der Waals surface area contributed by atoms with Gasteiger partial charge in [-0.2, -0.15) is 4.98 Å². The summed E-state index contributed by atoms with van der Waals surface area (Å²) in [6, 6.07) is 5.83. The van der Waals surface area contributed by atoms with Crippen LogP contribution in [0.4, 0.5) is 4.39 Å². The van der Waals surface area contributed by atoms with Crippen molar-refractivity contribution < 1.29 is 18.4 Å². The number of likely N-dealkylation sites (tertiary alicyclic amines) is 1. The number of amides is 1. The number of hydrogen-bond acceptors (Lipinski definition) is 5. The van der Waals surface area contributed by atoms with Crippen LogP contribution < -0.4 is 4.74 Å². The number of carbonyl (C=O) groups is 1. The fraction of sp³-hybridized carbons (Fsp3) is 0.471. The quantitative estimate of drug-likeness (QED) is 0.860. The summed E-state index contributed by atoms with van der Waals surface area (Å²) in [5.41, 5.74) is 0. The molecule has 2 heterocycles. The molecule has 1 atom stereocenters. The fourth-order valence-electron chi connectivity index (χ4n) is 2.91. The average molecular weight is 333 g/mol. The highest BCUT2D eigenvalue weighted by atomic mass is 19.1. The highest BCUT2D eigenvalue weighted by Crippen LogP contribution is 2.28. The normalized spacial score (nSPS) is 18.2. The van der Waals surface area contributed by atoms with Crippen molar-refractivity contribution in [2.24, 2.45) is 0 Å². The fourth-order valence-corrected chi connectivity index (χ4v) is 2.91. The van der Waals surface area contributed by atoms with Gasteiger partial charge in [0.2, 0.25) is 5.89 Å². The largest absolute Gasteiger partial charge is 0.481 e. The smallest absolute Gasteiger partial charge is 0.261 e. The Labute approximate surface area is 139 Å². The Morgan fingerprint density at radius 1 is 1.38 bits per heavy atom. The van der Waals surface area contributed by atoms with Gasteiger partial charge in [-0.1, -0.05) is 30.1 Å². The second-order valence-electron chi connectivity index (χ2n) is 5.84. The molecule has 0 aliphatic carbocycles. The summed E-state index contributed by atoms with van der Waals surface area (Å²) >= 11 is 0. The maximum Gasteiger partial charge on any atom is 0.261 e. The summed E-state index contributed by atoms with van der Waals surface area (Å²) in [4.78, 5) is 18.6. The van der Waals surface area contributed by atoms with Gasteiger partial charge in [0.25, 0.3) is 5.91 Å². The first-order valence-corrected chi connectivity index (χ1v) is 8.12. The van der Waals surface area contributed by atoms with Crippen LogP contribution in [0.1, 0.15) is 43.4 Å². The van der Waals surface area contributed by atoms with E-state index in [2.05, 4.69) is 10.1 Å². The van der Waals surface area contributed by atoms with Crippen molar-refractivity contribution in [3.8, 4) is 5.75 Å². The van der Waals surface area contributed by atoms with Gasteiger partial charge in [-0.15, -0.1) is 0 Å². The molecule has 1 fully saturated rings. The lowest BCUT2D eigenvalue weighted by molar-refractivity contribution is -0.136. The zero-order valence-corrected chi connectivity index (χ0v) is 13.6. The van der Waals surface area contributed by atoms with Crippen LogP contribution in [0, 0.1) is 12.7 Å². The zero-order chi connectivity index (χ0) is 16.9. The third-order valence-electron chi connectivity index (χ3n) is 4.10. The van der Waals surface area contributed by atoms with Gasteiger partial charge >= 0.3 is 0 Å². The van der Waals surface area contributed by atoms with E-state index in [1.807, 2.05) is 0 Å². The SMILES string of the molecule is Cc1nc([C@H]2CCCCCN2C(=O)COc2ccccc2F)no1. The molecule has 1 aromatic carbocycles. The summed E-state index contributed by atoms with van der Waals surface area (Å²) in [7, 11) is 0. The molecule has 0 N–H and O–H groups in total. The highest BCUT2D eigenvalue weighted by Gasteiger charge is 2.30. The van der Waals surface area contributed by atoms with Crippen LogP contribution in [-0.4, -0.2) is 34.1 Å². The maximum absolute atomic E-state index is 13.6. The Hall–Kier alpha value is -2.44. The minimum atomic E-state index is -0.480. The van der Waals surface area contributed by atoms with Crippen molar-refractivity contribution in [1.29, 1.82) is 0 Å². The summed E-state index contributed by atoms with van der Waals surface area (Å²) < 4.78 is 24.0. The lowest BCUT2D eigenvalue weighted by Gasteiger charge is -2.27. The molecule has 2 aromatic rings. The Bertz CT molecular complexity index is 704. The van der Waals surface area contributed by atoms with Crippen LogP contribution in [-0.2, 0) is 4.79 Å². The number of nitrogens with zero attached hydrogens (tertiary/aromatic N) is 3. The van der Waals surface area contributed by atoms with E-state index in [4.69, 9.17) is 9.26 Å². The number of aromatic nitrogens is 2. The number of carbonyl (C=O) groups excluding carboxylic acids is 1. The van der Waals surface area contributed by atoms with Gasteiger partial charge in [-0.05, 0) is 25.0 Å². The lowest BCUT2D eigenvalue weighted by atomic mass is 10.1. The third-order valence-corrected chi connectivity index (χ3v) is 4.10. The van der Waals surface area contributed by atoms with Crippen LogP contribution >= 0.6 is 0 Å². The molecule has 24 heavy (non-hydrogen) atoms. The van der Waals surface area contributed by atoms with Gasteiger partial charge < -0.3 is 14.2 Å². The molecule has 3 rings (SSSR count). The van der Waals surface area contributed by atoms with Crippen molar-refractivity contribution in [1.82, 2.24) is 15.0 Å². The van der Waals surface area contributed by atoms with E-state index in [1.165, 1.54) is 12.1 Å². The van der Waals surface area contributed by atoms with Crippen molar-refractivity contribution >= 4 is 5.91 Å². The predicted octanol–water partition coefficient (Wildman–Crippen LogP) is 3.04. The monoisotopic (exact) mass is 333 g/mol. The van der Waals surface area contributed by atoms with Crippen LogP contribution in [0.15, 0.2) is 28.8 Å². The minimum Gasteiger partial charge on any atom is -0.481 e. The molecular weight excluding hydrogens is 313 g/mol. The second-order valence-corrected chi connectivity index (χ2v) is 5.84. The second kappa shape index (κ2) is 7.42. The molecular formula is C17H20FN3O3. The number of hydrogen-bond donors (Lipinski definition) is 0. The van der Waals surface area contributed by atoms with Gasteiger partial charge in [0.15, 0.2) is 24.0 Å². The van der Waals surface area contributed by atoms with Crippen molar-refractivity contribution in [3.63, 3.8) is 0 Å². The Kier molecular flexibility index (Phi) is 5.08. The van der Waals surface area contributed by atoms with E-state index < -0.39 is 5.82 Å². The minimum absolute atomic E-state index is 0.0765. The van der Waals surface area contributed by atoms with E-state index >= 15 is 0 Å². The summed E-state index contributed by atoms with van der Waals surface area (Å²) in [6.07, 6.45) is 3.74. The molecule has 6 nitrogen and oxygen atoms in total.